The van der Waals surface area contributed by atoms with Gasteiger partial charge in [0.25, 0.3) is 0 Å². The van der Waals surface area contributed by atoms with Crippen LogP contribution >= 0.6 is 0 Å². The molecule has 0 unspecified atom stereocenters. The normalized spacial score (nSPS) is 15.0. The number of hydrogen-bond donors (Lipinski definition) is 1. The van der Waals surface area contributed by atoms with Crippen LogP contribution in [0.5, 0.6) is 0 Å². The molecule has 5 nitrogen and oxygen atoms in total. The number of pyridine rings is 1. The van der Waals surface area contributed by atoms with E-state index >= 15 is 0 Å². The fourth-order valence-electron chi connectivity index (χ4n) is 2.00. The highest BCUT2D eigenvalue weighted by atomic mass is 15.3. The van der Waals surface area contributed by atoms with E-state index < -0.39 is 0 Å². The number of rotatable bonds is 4. The molecule has 5 heteroatoms. The summed E-state index contributed by atoms with van der Waals surface area (Å²) < 4.78 is 1.86. The van der Waals surface area contributed by atoms with Crippen molar-refractivity contribution in [2.45, 2.75) is 39.3 Å². The average Bonchev–Trinajstić information content (AvgIpc) is 3.12. The zero-order valence-corrected chi connectivity index (χ0v) is 10.7. The summed E-state index contributed by atoms with van der Waals surface area (Å²) in [7, 11) is 0. The standard InChI is InChI=1S/C13H17N5/c1-9-16-10(2)18(17-9)13-5-6-14-12(7-13)8-15-11-3-4-11/h5-7,11,15H,3-4,8H2,1-2H3. The van der Waals surface area contributed by atoms with Crippen LogP contribution in [0.25, 0.3) is 5.69 Å². The van der Waals surface area contributed by atoms with Crippen molar-refractivity contribution < 1.29 is 0 Å². The van der Waals surface area contributed by atoms with Crippen molar-refractivity contribution in [3.8, 4) is 5.69 Å². The fourth-order valence-corrected chi connectivity index (χ4v) is 2.00. The zero-order chi connectivity index (χ0) is 12.5. The molecule has 0 bridgehead atoms. The molecule has 1 saturated carbocycles. The minimum absolute atomic E-state index is 0.700. The highest BCUT2D eigenvalue weighted by Crippen LogP contribution is 2.19. The highest BCUT2D eigenvalue weighted by molar-refractivity contribution is 5.32. The first-order valence-corrected chi connectivity index (χ1v) is 6.31. The van der Waals surface area contributed by atoms with Crippen LogP contribution in [0, 0.1) is 13.8 Å². The van der Waals surface area contributed by atoms with Gasteiger partial charge in [-0.1, -0.05) is 0 Å². The molecule has 18 heavy (non-hydrogen) atoms. The van der Waals surface area contributed by atoms with Gasteiger partial charge in [-0.2, -0.15) is 5.10 Å². The lowest BCUT2D eigenvalue weighted by Gasteiger charge is -2.06. The van der Waals surface area contributed by atoms with Crippen LogP contribution in [-0.2, 0) is 6.54 Å². The first-order valence-electron chi connectivity index (χ1n) is 6.31. The van der Waals surface area contributed by atoms with Crippen LogP contribution in [0.4, 0.5) is 0 Å². The molecule has 1 aliphatic rings. The van der Waals surface area contributed by atoms with Gasteiger partial charge >= 0.3 is 0 Å². The summed E-state index contributed by atoms with van der Waals surface area (Å²) >= 11 is 0. The molecule has 0 aliphatic heterocycles. The van der Waals surface area contributed by atoms with Crippen molar-refractivity contribution in [3.05, 3.63) is 35.7 Å². The van der Waals surface area contributed by atoms with Crippen molar-refractivity contribution >= 4 is 0 Å². The van der Waals surface area contributed by atoms with Gasteiger partial charge in [-0.15, -0.1) is 0 Å². The molecule has 1 fully saturated rings. The highest BCUT2D eigenvalue weighted by Gasteiger charge is 2.20. The van der Waals surface area contributed by atoms with Crippen molar-refractivity contribution in [2.75, 3.05) is 0 Å². The summed E-state index contributed by atoms with van der Waals surface area (Å²) in [5.41, 5.74) is 2.07. The average molecular weight is 243 g/mol. The van der Waals surface area contributed by atoms with Gasteiger partial charge in [-0.05, 0) is 38.8 Å². The van der Waals surface area contributed by atoms with Gasteiger partial charge in [0.2, 0.25) is 0 Å². The molecule has 3 rings (SSSR count). The Morgan fingerprint density at radius 3 is 2.89 bits per heavy atom. The maximum absolute atomic E-state index is 4.39. The maximum Gasteiger partial charge on any atom is 0.148 e. The number of nitrogens with one attached hydrogen (secondary N) is 1. The Morgan fingerprint density at radius 2 is 2.22 bits per heavy atom. The summed E-state index contributed by atoms with van der Waals surface area (Å²) in [5.74, 6) is 1.70. The molecule has 0 aromatic carbocycles. The molecule has 94 valence electrons. The van der Waals surface area contributed by atoms with E-state index in [1.807, 2.05) is 30.8 Å². The van der Waals surface area contributed by atoms with E-state index in [9.17, 15) is 0 Å². The minimum Gasteiger partial charge on any atom is -0.308 e. The van der Waals surface area contributed by atoms with Crippen LogP contribution in [-0.4, -0.2) is 25.8 Å². The van der Waals surface area contributed by atoms with Crippen LogP contribution in [0.15, 0.2) is 18.3 Å². The molecule has 2 aromatic heterocycles. The van der Waals surface area contributed by atoms with Crippen LogP contribution in [0.1, 0.15) is 30.2 Å². The monoisotopic (exact) mass is 243 g/mol. The van der Waals surface area contributed by atoms with E-state index in [1.54, 1.807) is 0 Å². The number of aromatic nitrogens is 4. The lowest BCUT2D eigenvalue weighted by molar-refractivity contribution is 0.673. The van der Waals surface area contributed by atoms with Gasteiger partial charge < -0.3 is 5.32 Å². The summed E-state index contributed by atoms with van der Waals surface area (Å²) in [6.45, 7) is 4.69. The van der Waals surface area contributed by atoms with Gasteiger partial charge in [-0.25, -0.2) is 9.67 Å². The molecule has 1 aliphatic carbocycles. The molecule has 0 atom stereocenters. The van der Waals surface area contributed by atoms with Crippen molar-refractivity contribution in [1.82, 2.24) is 25.1 Å². The van der Waals surface area contributed by atoms with E-state index in [4.69, 9.17) is 0 Å². The lowest BCUT2D eigenvalue weighted by atomic mass is 10.3. The van der Waals surface area contributed by atoms with Crippen molar-refractivity contribution in [2.24, 2.45) is 0 Å². The summed E-state index contributed by atoms with van der Waals surface area (Å²) in [6, 6.07) is 4.73. The van der Waals surface area contributed by atoms with Gasteiger partial charge in [-0.3, -0.25) is 4.98 Å². The molecule has 0 saturated heterocycles. The Kier molecular flexibility index (Phi) is 2.83. The second kappa shape index (κ2) is 4.49. The summed E-state index contributed by atoms with van der Waals surface area (Å²) in [4.78, 5) is 8.69. The molecular formula is C13H17N5. The fraction of sp³-hybridized carbons (Fsp3) is 0.462. The van der Waals surface area contributed by atoms with Crippen molar-refractivity contribution in [1.29, 1.82) is 0 Å². The zero-order valence-electron chi connectivity index (χ0n) is 10.7. The molecule has 2 heterocycles. The lowest BCUT2D eigenvalue weighted by Crippen LogP contribution is -2.16. The van der Waals surface area contributed by atoms with Gasteiger partial charge in [0.15, 0.2) is 0 Å². The molecule has 1 N–H and O–H groups in total. The van der Waals surface area contributed by atoms with E-state index in [2.05, 4.69) is 26.4 Å². The first-order chi connectivity index (χ1) is 8.72. The van der Waals surface area contributed by atoms with E-state index in [0.29, 0.717) is 6.04 Å². The van der Waals surface area contributed by atoms with Gasteiger partial charge in [0.1, 0.15) is 11.6 Å². The molecular weight excluding hydrogens is 226 g/mol. The molecule has 0 spiro atoms. The molecule has 0 amide bonds. The third-order valence-corrected chi connectivity index (χ3v) is 3.07. The smallest absolute Gasteiger partial charge is 0.148 e. The van der Waals surface area contributed by atoms with Crippen molar-refractivity contribution in [3.63, 3.8) is 0 Å². The van der Waals surface area contributed by atoms with E-state index in [-0.39, 0.29) is 0 Å². The topological polar surface area (TPSA) is 55.6 Å². The Bertz CT molecular complexity index is 556. The van der Waals surface area contributed by atoms with Crippen LogP contribution in [0.3, 0.4) is 0 Å². The third-order valence-electron chi connectivity index (χ3n) is 3.07. The Hall–Kier alpha value is -1.75. The quantitative estimate of drug-likeness (QED) is 0.884. The number of hydrogen-bond acceptors (Lipinski definition) is 4. The Balaban J connectivity index is 1.82. The number of nitrogens with zero attached hydrogens (tertiary/aromatic N) is 4. The molecule has 2 aromatic rings. The largest absolute Gasteiger partial charge is 0.308 e. The third kappa shape index (κ3) is 2.41. The predicted octanol–water partition coefficient (Wildman–Crippen LogP) is 1.53. The molecule has 0 radical (unpaired) electrons. The maximum atomic E-state index is 4.39. The predicted molar refractivity (Wildman–Crippen MR) is 68.5 cm³/mol. The minimum atomic E-state index is 0.700. The van der Waals surface area contributed by atoms with Gasteiger partial charge in [0.05, 0.1) is 11.4 Å². The second-order valence-electron chi connectivity index (χ2n) is 4.78. The SMILES string of the molecule is Cc1nc(C)n(-c2ccnc(CNC3CC3)c2)n1. The number of aryl methyl sites for hydroxylation is 2. The van der Waals surface area contributed by atoms with Gasteiger partial charge in [0, 0.05) is 18.8 Å². The Labute approximate surface area is 106 Å². The summed E-state index contributed by atoms with van der Waals surface area (Å²) in [6.07, 6.45) is 4.41. The van der Waals surface area contributed by atoms with Crippen LogP contribution < -0.4 is 5.32 Å². The van der Waals surface area contributed by atoms with E-state index in [1.165, 1.54) is 12.8 Å². The Morgan fingerprint density at radius 1 is 1.39 bits per heavy atom. The second-order valence-corrected chi connectivity index (χ2v) is 4.78. The van der Waals surface area contributed by atoms with E-state index in [0.717, 1.165) is 29.6 Å². The van der Waals surface area contributed by atoms with Crippen LogP contribution in [0.2, 0.25) is 0 Å². The summed E-state index contributed by atoms with van der Waals surface area (Å²) in [5, 5.41) is 7.85. The first kappa shape index (κ1) is 11.3.